The summed E-state index contributed by atoms with van der Waals surface area (Å²) >= 11 is 11.7. The van der Waals surface area contributed by atoms with Gasteiger partial charge in [0.1, 0.15) is 18.5 Å². The molecule has 0 aromatic heterocycles. The van der Waals surface area contributed by atoms with Crippen molar-refractivity contribution in [1.29, 1.82) is 0 Å². The van der Waals surface area contributed by atoms with Gasteiger partial charge in [-0.15, -0.1) is 0 Å². The quantitative estimate of drug-likeness (QED) is 0.745. The van der Waals surface area contributed by atoms with Gasteiger partial charge in [-0.3, -0.25) is 4.79 Å². The smallest absolute Gasteiger partial charge is 0.324 e. The van der Waals surface area contributed by atoms with Crippen LogP contribution in [0.1, 0.15) is 12.5 Å². The second-order valence-corrected chi connectivity index (χ2v) is 7.68. The van der Waals surface area contributed by atoms with E-state index in [-0.39, 0.29) is 11.5 Å². The van der Waals surface area contributed by atoms with Crippen LogP contribution in [0, 0.1) is 5.82 Å². The van der Waals surface area contributed by atoms with Crippen molar-refractivity contribution < 1.29 is 22.3 Å². The molecule has 5 nitrogen and oxygen atoms in total. The van der Waals surface area contributed by atoms with E-state index in [4.69, 9.17) is 27.9 Å². The summed E-state index contributed by atoms with van der Waals surface area (Å²) in [5.41, 5.74) is 0.608. The summed E-state index contributed by atoms with van der Waals surface area (Å²) in [4.78, 5) is 11.8. The first-order chi connectivity index (χ1) is 11.7. The molecule has 0 unspecified atom stereocenters. The number of esters is 1. The van der Waals surface area contributed by atoms with Crippen molar-refractivity contribution in [2.24, 2.45) is 0 Å². The zero-order chi connectivity index (χ0) is 18.6. The van der Waals surface area contributed by atoms with Crippen LogP contribution in [0.15, 0.2) is 47.4 Å². The van der Waals surface area contributed by atoms with E-state index in [9.17, 15) is 17.6 Å². The molecule has 0 fully saturated rings. The van der Waals surface area contributed by atoms with Gasteiger partial charge in [0, 0.05) is 0 Å². The first-order valence-corrected chi connectivity index (χ1v) is 9.31. The van der Waals surface area contributed by atoms with Crippen molar-refractivity contribution in [3.05, 3.63) is 63.9 Å². The fourth-order valence-electron chi connectivity index (χ4n) is 1.87. The predicted octanol–water partition coefficient (Wildman–Crippen LogP) is 3.54. The molecule has 0 radical (unpaired) electrons. The normalized spacial score (nSPS) is 12.6. The average Bonchev–Trinajstić information content (AvgIpc) is 2.55. The second kappa shape index (κ2) is 8.14. The monoisotopic (exact) mass is 405 g/mol. The first-order valence-electron chi connectivity index (χ1n) is 7.07. The summed E-state index contributed by atoms with van der Waals surface area (Å²) in [5, 5.41) is 0.692. The number of nitrogens with one attached hydrogen (secondary N) is 1. The number of rotatable bonds is 6. The van der Waals surface area contributed by atoms with Crippen molar-refractivity contribution in [2.75, 3.05) is 0 Å². The Morgan fingerprint density at radius 1 is 1.16 bits per heavy atom. The Morgan fingerprint density at radius 3 is 2.40 bits per heavy atom. The SMILES string of the molecule is C[C@H](NS(=O)(=O)c1ccc(F)cc1)C(=O)OCc1ccc(Cl)c(Cl)c1. The number of sulfonamides is 1. The molecule has 0 amide bonds. The van der Waals surface area contributed by atoms with E-state index in [1.165, 1.54) is 6.92 Å². The molecule has 0 saturated heterocycles. The minimum Gasteiger partial charge on any atom is -0.460 e. The molecule has 0 saturated carbocycles. The lowest BCUT2D eigenvalue weighted by Gasteiger charge is -2.14. The lowest BCUT2D eigenvalue weighted by molar-refractivity contribution is -0.146. The summed E-state index contributed by atoms with van der Waals surface area (Å²) in [5.74, 6) is -1.33. The van der Waals surface area contributed by atoms with Crippen molar-refractivity contribution in [1.82, 2.24) is 4.72 Å². The molecular weight excluding hydrogens is 392 g/mol. The number of carbonyl (C=O) groups is 1. The lowest BCUT2D eigenvalue weighted by Crippen LogP contribution is -2.39. The molecule has 0 bridgehead atoms. The average molecular weight is 406 g/mol. The molecule has 0 aliphatic carbocycles. The fourth-order valence-corrected chi connectivity index (χ4v) is 3.38. The maximum absolute atomic E-state index is 12.9. The summed E-state index contributed by atoms with van der Waals surface area (Å²) < 4.78 is 44.4. The summed E-state index contributed by atoms with van der Waals surface area (Å²) in [6.45, 7) is 1.26. The Morgan fingerprint density at radius 2 is 1.80 bits per heavy atom. The van der Waals surface area contributed by atoms with Crippen LogP contribution in [0.4, 0.5) is 4.39 Å². The highest BCUT2D eigenvalue weighted by Crippen LogP contribution is 2.23. The van der Waals surface area contributed by atoms with Crippen LogP contribution in [0.2, 0.25) is 10.0 Å². The van der Waals surface area contributed by atoms with Gasteiger partial charge in [0.05, 0.1) is 14.9 Å². The van der Waals surface area contributed by atoms with E-state index in [2.05, 4.69) is 4.72 Å². The summed E-state index contributed by atoms with van der Waals surface area (Å²) in [7, 11) is -3.97. The van der Waals surface area contributed by atoms with E-state index < -0.39 is 27.9 Å². The zero-order valence-electron chi connectivity index (χ0n) is 13.0. The molecule has 0 aliphatic heterocycles. The van der Waals surface area contributed by atoms with Gasteiger partial charge < -0.3 is 4.74 Å². The number of carbonyl (C=O) groups excluding carboxylic acids is 1. The molecule has 0 spiro atoms. The molecule has 0 heterocycles. The standard InChI is InChI=1S/C16H14Cl2FNO4S/c1-10(20-25(22,23)13-5-3-12(19)4-6-13)16(21)24-9-11-2-7-14(17)15(18)8-11/h2-8,10,20H,9H2,1H3/t10-/m0/s1. The highest BCUT2D eigenvalue weighted by molar-refractivity contribution is 7.89. The Labute approximate surface area is 154 Å². The Bertz CT molecular complexity index is 872. The van der Waals surface area contributed by atoms with E-state index in [0.717, 1.165) is 24.3 Å². The first kappa shape index (κ1) is 19.7. The lowest BCUT2D eigenvalue weighted by atomic mass is 10.2. The Hall–Kier alpha value is -1.67. The van der Waals surface area contributed by atoms with Crippen molar-refractivity contribution in [3.8, 4) is 0 Å². The number of hydrogen-bond acceptors (Lipinski definition) is 4. The third-order valence-electron chi connectivity index (χ3n) is 3.17. The van der Waals surface area contributed by atoms with Crippen LogP contribution in [0.5, 0.6) is 0 Å². The highest BCUT2D eigenvalue weighted by Gasteiger charge is 2.23. The van der Waals surface area contributed by atoms with E-state index >= 15 is 0 Å². The Kier molecular flexibility index (Phi) is 6.40. The van der Waals surface area contributed by atoms with Crippen LogP contribution in [-0.2, 0) is 26.2 Å². The number of halogens is 3. The molecule has 0 aliphatic rings. The number of benzene rings is 2. The van der Waals surface area contributed by atoms with Gasteiger partial charge >= 0.3 is 5.97 Å². The van der Waals surface area contributed by atoms with E-state index in [0.29, 0.717) is 15.6 Å². The Balaban J connectivity index is 1.97. The van der Waals surface area contributed by atoms with Crippen LogP contribution in [0.25, 0.3) is 0 Å². The zero-order valence-corrected chi connectivity index (χ0v) is 15.3. The van der Waals surface area contributed by atoms with Gasteiger partial charge in [0.2, 0.25) is 10.0 Å². The minimum absolute atomic E-state index is 0.0850. The third kappa shape index (κ3) is 5.40. The topological polar surface area (TPSA) is 72.5 Å². The van der Waals surface area contributed by atoms with Crippen molar-refractivity contribution >= 4 is 39.2 Å². The van der Waals surface area contributed by atoms with Crippen molar-refractivity contribution in [3.63, 3.8) is 0 Å². The van der Waals surface area contributed by atoms with Crippen LogP contribution in [-0.4, -0.2) is 20.4 Å². The molecule has 134 valence electrons. The van der Waals surface area contributed by atoms with Gasteiger partial charge in [-0.2, -0.15) is 4.72 Å². The van der Waals surface area contributed by atoms with Gasteiger partial charge in [-0.05, 0) is 48.9 Å². The molecule has 2 aromatic rings. The van der Waals surface area contributed by atoms with Crippen molar-refractivity contribution in [2.45, 2.75) is 24.5 Å². The van der Waals surface area contributed by atoms with Crippen LogP contribution >= 0.6 is 23.2 Å². The largest absolute Gasteiger partial charge is 0.460 e. The number of ether oxygens (including phenoxy) is 1. The van der Waals surface area contributed by atoms with Gasteiger partial charge in [0.25, 0.3) is 0 Å². The van der Waals surface area contributed by atoms with Gasteiger partial charge in [-0.25, -0.2) is 12.8 Å². The second-order valence-electron chi connectivity index (χ2n) is 5.15. The van der Waals surface area contributed by atoms with Gasteiger partial charge in [0.15, 0.2) is 0 Å². The molecule has 1 atom stereocenters. The molecule has 25 heavy (non-hydrogen) atoms. The fraction of sp³-hybridized carbons (Fsp3) is 0.188. The van der Waals surface area contributed by atoms with E-state index in [1.807, 2.05) is 0 Å². The molecule has 9 heteroatoms. The maximum Gasteiger partial charge on any atom is 0.324 e. The maximum atomic E-state index is 12.9. The highest BCUT2D eigenvalue weighted by atomic mass is 35.5. The molecule has 2 rings (SSSR count). The van der Waals surface area contributed by atoms with Crippen LogP contribution < -0.4 is 4.72 Å². The third-order valence-corrected chi connectivity index (χ3v) is 5.47. The molecule has 1 N–H and O–H groups in total. The predicted molar refractivity (Wildman–Crippen MR) is 92.4 cm³/mol. The summed E-state index contributed by atoms with van der Waals surface area (Å²) in [6, 6.07) is 7.85. The molecule has 2 aromatic carbocycles. The summed E-state index contributed by atoms with van der Waals surface area (Å²) in [6.07, 6.45) is 0. The minimum atomic E-state index is -3.97. The van der Waals surface area contributed by atoms with Crippen LogP contribution in [0.3, 0.4) is 0 Å². The van der Waals surface area contributed by atoms with E-state index in [1.54, 1.807) is 18.2 Å². The molecular formula is C16H14Cl2FNO4S. The van der Waals surface area contributed by atoms with Gasteiger partial charge in [-0.1, -0.05) is 29.3 Å². The number of hydrogen-bond donors (Lipinski definition) is 1.